The van der Waals surface area contributed by atoms with Crippen LogP contribution in [0.4, 0.5) is 4.79 Å². The van der Waals surface area contributed by atoms with Crippen LogP contribution in [-0.4, -0.2) is 52.9 Å². The van der Waals surface area contributed by atoms with E-state index in [0.29, 0.717) is 18.5 Å². The summed E-state index contributed by atoms with van der Waals surface area (Å²) in [5.41, 5.74) is 0.423. The van der Waals surface area contributed by atoms with Crippen molar-refractivity contribution in [1.82, 2.24) is 10.2 Å². The quantitative estimate of drug-likeness (QED) is 0.735. The van der Waals surface area contributed by atoms with Gasteiger partial charge in [-0.1, -0.05) is 19.3 Å². The van der Waals surface area contributed by atoms with Crippen molar-refractivity contribution in [3.63, 3.8) is 0 Å². The van der Waals surface area contributed by atoms with Crippen molar-refractivity contribution in [3.05, 3.63) is 0 Å². The van der Waals surface area contributed by atoms with Crippen LogP contribution in [0.25, 0.3) is 0 Å². The Bertz CT molecular complexity index is 370. The van der Waals surface area contributed by atoms with E-state index in [4.69, 9.17) is 10.2 Å². The van der Waals surface area contributed by atoms with E-state index in [0.717, 1.165) is 12.8 Å². The molecular formula is C15H26N2O4. The summed E-state index contributed by atoms with van der Waals surface area (Å²) in [6.45, 7) is 1.16. The molecule has 3 N–H and O–H groups in total. The molecule has 1 spiro atoms. The smallest absolute Gasteiger partial charge is 0.326 e. The Morgan fingerprint density at radius 1 is 1.10 bits per heavy atom. The van der Waals surface area contributed by atoms with Gasteiger partial charge in [0.2, 0.25) is 0 Å². The van der Waals surface area contributed by atoms with E-state index in [1.54, 1.807) is 4.90 Å². The van der Waals surface area contributed by atoms with Gasteiger partial charge in [0.05, 0.1) is 0 Å². The van der Waals surface area contributed by atoms with Gasteiger partial charge < -0.3 is 20.4 Å². The van der Waals surface area contributed by atoms with E-state index in [1.165, 1.54) is 32.1 Å². The molecule has 2 fully saturated rings. The first-order chi connectivity index (χ1) is 10.1. The molecule has 6 nitrogen and oxygen atoms in total. The van der Waals surface area contributed by atoms with Crippen molar-refractivity contribution in [2.45, 2.75) is 57.4 Å². The lowest BCUT2D eigenvalue weighted by Gasteiger charge is -2.44. The number of aliphatic hydroxyl groups is 1. The van der Waals surface area contributed by atoms with E-state index in [-0.39, 0.29) is 19.1 Å². The summed E-state index contributed by atoms with van der Waals surface area (Å²) in [4.78, 5) is 24.8. The first-order valence-electron chi connectivity index (χ1n) is 7.95. The van der Waals surface area contributed by atoms with E-state index >= 15 is 0 Å². The van der Waals surface area contributed by atoms with Gasteiger partial charge in [0.25, 0.3) is 0 Å². The maximum atomic E-state index is 12.1. The fourth-order valence-corrected chi connectivity index (χ4v) is 3.61. The number of likely N-dealkylation sites (tertiary alicyclic amines) is 1. The second-order valence-corrected chi connectivity index (χ2v) is 6.40. The van der Waals surface area contributed by atoms with Crippen LogP contribution in [0.5, 0.6) is 0 Å². The second-order valence-electron chi connectivity index (χ2n) is 6.40. The first kappa shape index (κ1) is 16.1. The maximum Gasteiger partial charge on any atom is 0.326 e. The Morgan fingerprint density at radius 3 is 2.24 bits per heavy atom. The summed E-state index contributed by atoms with van der Waals surface area (Å²) in [6.07, 6.45) is 8.55. The zero-order valence-electron chi connectivity index (χ0n) is 12.5. The number of carboxylic acids is 1. The molecule has 0 bridgehead atoms. The molecule has 0 aromatic rings. The number of aliphatic hydroxyl groups excluding tert-OH is 1. The Morgan fingerprint density at radius 2 is 1.71 bits per heavy atom. The Labute approximate surface area is 125 Å². The number of nitrogens with one attached hydrogen (secondary N) is 1. The van der Waals surface area contributed by atoms with Crippen molar-refractivity contribution < 1.29 is 19.8 Å². The molecule has 0 radical (unpaired) electrons. The minimum absolute atomic E-state index is 0.0405. The van der Waals surface area contributed by atoms with Gasteiger partial charge in [-0.3, -0.25) is 0 Å². The standard InChI is InChI=1S/C15H26N2O4/c18-11-4-12(13(19)20)16-14(21)17-9-7-15(8-10-17)5-2-1-3-6-15/h12,18H,1-11H2,(H,16,21)(H,19,20)/t12-/m1/s1. The van der Waals surface area contributed by atoms with Crippen LogP contribution in [-0.2, 0) is 4.79 Å². The monoisotopic (exact) mass is 298 g/mol. The first-order valence-corrected chi connectivity index (χ1v) is 7.95. The van der Waals surface area contributed by atoms with E-state index in [1.807, 2.05) is 0 Å². The third kappa shape index (κ3) is 4.09. The number of carbonyl (C=O) groups is 2. The van der Waals surface area contributed by atoms with Crippen molar-refractivity contribution in [2.75, 3.05) is 19.7 Å². The van der Waals surface area contributed by atoms with Crippen LogP contribution in [0, 0.1) is 5.41 Å². The summed E-state index contributed by atoms with van der Waals surface area (Å²) in [6, 6.07) is -1.32. The molecular weight excluding hydrogens is 272 g/mol. The Kier molecular flexibility index (Phi) is 5.45. The predicted molar refractivity (Wildman–Crippen MR) is 78.0 cm³/mol. The number of amides is 2. The lowest BCUT2D eigenvalue weighted by molar-refractivity contribution is -0.139. The van der Waals surface area contributed by atoms with E-state index < -0.39 is 12.0 Å². The molecule has 0 unspecified atom stereocenters. The fraction of sp³-hybridized carbons (Fsp3) is 0.867. The van der Waals surface area contributed by atoms with Crippen LogP contribution in [0.1, 0.15) is 51.4 Å². The Balaban J connectivity index is 1.83. The van der Waals surface area contributed by atoms with Gasteiger partial charge >= 0.3 is 12.0 Å². The Hall–Kier alpha value is -1.30. The SMILES string of the molecule is O=C(O)[C@@H](CCO)NC(=O)N1CCC2(CCCCC2)CC1. The molecule has 1 atom stereocenters. The number of carboxylic acid groups (broad SMARTS) is 1. The molecule has 1 aliphatic heterocycles. The third-order valence-electron chi connectivity index (χ3n) is 5.04. The van der Waals surface area contributed by atoms with Crippen molar-refractivity contribution in [3.8, 4) is 0 Å². The number of carbonyl (C=O) groups excluding carboxylic acids is 1. The normalized spacial score (nSPS) is 22.8. The molecule has 2 aliphatic rings. The number of aliphatic carboxylic acids is 1. The van der Waals surface area contributed by atoms with Crippen LogP contribution < -0.4 is 5.32 Å². The molecule has 1 saturated carbocycles. The highest BCUT2D eigenvalue weighted by molar-refractivity contribution is 5.82. The summed E-state index contributed by atoms with van der Waals surface area (Å²) >= 11 is 0. The maximum absolute atomic E-state index is 12.1. The highest BCUT2D eigenvalue weighted by Crippen LogP contribution is 2.44. The van der Waals surface area contributed by atoms with Gasteiger partial charge in [-0.15, -0.1) is 0 Å². The molecule has 1 saturated heterocycles. The van der Waals surface area contributed by atoms with Crippen molar-refractivity contribution in [1.29, 1.82) is 0 Å². The zero-order valence-corrected chi connectivity index (χ0v) is 12.5. The largest absolute Gasteiger partial charge is 0.480 e. The molecule has 120 valence electrons. The minimum atomic E-state index is -1.10. The molecule has 21 heavy (non-hydrogen) atoms. The van der Waals surface area contributed by atoms with E-state index in [2.05, 4.69) is 5.32 Å². The highest BCUT2D eigenvalue weighted by atomic mass is 16.4. The van der Waals surface area contributed by atoms with Gasteiger partial charge in [-0.05, 0) is 31.1 Å². The number of hydrogen-bond donors (Lipinski definition) is 3. The molecule has 0 aromatic heterocycles. The number of hydrogen-bond acceptors (Lipinski definition) is 3. The summed E-state index contributed by atoms with van der Waals surface area (Å²) in [5, 5.41) is 20.4. The van der Waals surface area contributed by atoms with Gasteiger partial charge in [0.15, 0.2) is 0 Å². The summed E-state index contributed by atoms with van der Waals surface area (Å²) < 4.78 is 0. The molecule has 6 heteroatoms. The van der Waals surface area contributed by atoms with Gasteiger partial charge in [0.1, 0.15) is 6.04 Å². The number of urea groups is 1. The highest BCUT2D eigenvalue weighted by Gasteiger charge is 2.37. The van der Waals surface area contributed by atoms with Crippen LogP contribution in [0.2, 0.25) is 0 Å². The predicted octanol–water partition coefficient (Wildman–Crippen LogP) is 1.58. The van der Waals surface area contributed by atoms with Gasteiger partial charge in [-0.25, -0.2) is 9.59 Å². The topological polar surface area (TPSA) is 89.9 Å². The average Bonchev–Trinajstić information content (AvgIpc) is 2.48. The van der Waals surface area contributed by atoms with E-state index in [9.17, 15) is 9.59 Å². The fourth-order valence-electron chi connectivity index (χ4n) is 3.61. The lowest BCUT2D eigenvalue weighted by Crippen LogP contribution is -2.52. The number of piperidine rings is 1. The molecule has 2 rings (SSSR count). The summed E-state index contributed by atoms with van der Waals surface area (Å²) in [7, 11) is 0. The molecule has 2 amide bonds. The molecule has 1 aliphatic carbocycles. The lowest BCUT2D eigenvalue weighted by atomic mass is 9.68. The molecule has 0 aromatic carbocycles. The molecule has 1 heterocycles. The van der Waals surface area contributed by atoms with Crippen LogP contribution in [0.15, 0.2) is 0 Å². The van der Waals surface area contributed by atoms with Crippen molar-refractivity contribution >= 4 is 12.0 Å². The summed E-state index contributed by atoms with van der Waals surface area (Å²) in [5.74, 6) is -1.10. The number of nitrogens with zero attached hydrogens (tertiary/aromatic N) is 1. The number of rotatable bonds is 4. The van der Waals surface area contributed by atoms with Gasteiger partial charge in [0, 0.05) is 26.1 Å². The van der Waals surface area contributed by atoms with Crippen LogP contribution >= 0.6 is 0 Å². The third-order valence-corrected chi connectivity index (χ3v) is 5.04. The van der Waals surface area contributed by atoms with Crippen LogP contribution in [0.3, 0.4) is 0 Å². The average molecular weight is 298 g/mol. The van der Waals surface area contributed by atoms with Gasteiger partial charge in [-0.2, -0.15) is 0 Å². The second kappa shape index (κ2) is 7.11. The minimum Gasteiger partial charge on any atom is -0.480 e. The van der Waals surface area contributed by atoms with Crippen molar-refractivity contribution in [2.24, 2.45) is 5.41 Å². The zero-order chi connectivity index (χ0) is 15.3.